The predicted molar refractivity (Wildman–Crippen MR) is 115 cm³/mol. The van der Waals surface area contributed by atoms with E-state index in [1.165, 1.54) is 0 Å². The van der Waals surface area contributed by atoms with E-state index in [1.54, 1.807) is 32.9 Å². The highest BCUT2D eigenvalue weighted by Crippen LogP contribution is 2.24. The van der Waals surface area contributed by atoms with Gasteiger partial charge in [-0.3, -0.25) is 9.89 Å². The van der Waals surface area contributed by atoms with Gasteiger partial charge in [-0.1, -0.05) is 36.4 Å². The summed E-state index contributed by atoms with van der Waals surface area (Å²) in [5.41, 5.74) is 1.29. The van der Waals surface area contributed by atoms with Crippen molar-refractivity contribution in [3.05, 3.63) is 64.3 Å². The SMILES string of the molecule is CC(C)(C)OC(=O)NC[C@H](NC(=O)c1cccc2c(Br)[nH]nc12)c1ccccc1. The van der Waals surface area contributed by atoms with Gasteiger partial charge >= 0.3 is 6.09 Å². The third kappa shape index (κ3) is 5.35. The van der Waals surface area contributed by atoms with Gasteiger partial charge in [0.1, 0.15) is 15.7 Å². The number of H-pyrrole nitrogens is 1. The topological polar surface area (TPSA) is 96.1 Å². The maximum Gasteiger partial charge on any atom is 0.407 e. The minimum Gasteiger partial charge on any atom is -0.444 e. The molecular formula is C21H23BrN4O3. The Morgan fingerprint density at radius 2 is 1.86 bits per heavy atom. The molecule has 0 aliphatic carbocycles. The van der Waals surface area contributed by atoms with E-state index in [2.05, 4.69) is 36.8 Å². The second-order valence-corrected chi connectivity index (χ2v) is 8.35. The van der Waals surface area contributed by atoms with E-state index >= 15 is 0 Å². The van der Waals surface area contributed by atoms with Crippen molar-refractivity contribution in [3.63, 3.8) is 0 Å². The lowest BCUT2D eigenvalue weighted by molar-refractivity contribution is 0.0520. The lowest BCUT2D eigenvalue weighted by Gasteiger charge is -2.23. The number of carbonyl (C=O) groups is 2. The molecule has 1 heterocycles. The summed E-state index contributed by atoms with van der Waals surface area (Å²) >= 11 is 3.39. The first-order valence-electron chi connectivity index (χ1n) is 9.20. The first-order valence-corrected chi connectivity index (χ1v) is 9.99. The average molecular weight is 459 g/mol. The van der Waals surface area contributed by atoms with Crippen LogP contribution >= 0.6 is 15.9 Å². The zero-order valence-corrected chi connectivity index (χ0v) is 18.0. The Bertz CT molecular complexity index is 1010. The van der Waals surface area contributed by atoms with Crippen LogP contribution in [0.2, 0.25) is 0 Å². The average Bonchev–Trinajstić information content (AvgIpc) is 3.05. The Morgan fingerprint density at radius 1 is 1.14 bits per heavy atom. The van der Waals surface area contributed by atoms with Crippen LogP contribution in [-0.4, -0.2) is 34.3 Å². The van der Waals surface area contributed by atoms with Crippen LogP contribution in [0, 0.1) is 0 Å². The third-order valence-electron chi connectivity index (χ3n) is 4.14. The summed E-state index contributed by atoms with van der Waals surface area (Å²) in [6, 6.07) is 14.4. The van der Waals surface area contributed by atoms with E-state index in [4.69, 9.17) is 4.74 Å². The summed E-state index contributed by atoms with van der Waals surface area (Å²) in [5.74, 6) is -0.283. The number of aromatic amines is 1. The maximum absolute atomic E-state index is 13.0. The molecule has 0 radical (unpaired) electrons. The van der Waals surface area contributed by atoms with E-state index < -0.39 is 17.7 Å². The molecule has 0 aliphatic heterocycles. The summed E-state index contributed by atoms with van der Waals surface area (Å²) in [5, 5.41) is 13.6. The highest BCUT2D eigenvalue weighted by atomic mass is 79.9. The molecule has 0 bridgehead atoms. The van der Waals surface area contributed by atoms with Crippen molar-refractivity contribution in [3.8, 4) is 0 Å². The van der Waals surface area contributed by atoms with Crippen LogP contribution in [0.5, 0.6) is 0 Å². The number of alkyl carbamates (subject to hydrolysis) is 1. The third-order valence-corrected chi connectivity index (χ3v) is 4.74. The van der Waals surface area contributed by atoms with Crippen molar-refractivity contribution in [1.82, 2.24) is 20.8 Å². The molecule has 29 heavy (non-hydrogen) atoms. The quantitative estimate of drug-likeness (QED) is 0.530. The monoisotopic (exact) mass is 458 g/mol. The molecule has 1 atom stereocenters. The Labute approximate surface area is 177 Å². The second-order valence-electron chi connectivity index (χ2n) is 7.56. The number of halogens is 1. The molecule has 2 aromatic carbocycles. The normalized spacial score (nSPS) is 12.4. The number of nitrogens with one attached hydrogen (secondary N) is 3. The van der Waals surface area contributed by atoms with Crippen molar-refractivity contribution in [2.24, 2.45) is 0 Å². The number of ether oxygens (including phenoxy) is 1. The maximum atomic E-state index is 13.0. The Balaban J connectivity index is 1.79. The number of hydrogen-bond acceptors (Lipinski definition) is 4. The zero-order chi connectivity index (χ0) is 21.0. The van der Waals surface area contributed by atoms with Crippen LogP contribution in [0.3, 0.4) is 0 Å². The number of hydrogen-bond donors (Lipinski definition) is 3. The number of carbonyl (C=O) groups excluding carboxylic acids is 2. The number of fused-ring (bicyclic) bond motifs is 1. The van der Waals surface area contributed by atoms with Crippen LogP contribution in [0.1, 0.15) is 42.7 Å². The molecule has 0 spiro atoms. The van der Waals surface area contributed by atoms with E-state index in [0.29, 0.717) is 15.7 Å². The Morgan fingerprint density at radius 3 is 2.55 bits per heavy atom. The molecule has 7 nitrogen and oxygen atoms in total. The first kappa shape index (κ1) is 20.9. The van der Waals surface area contributed by atoms with Crippen molar-refractivity contribution in [1.29, 1.82) is 0 Å². The van der Waals surface area contributed by atoms with Crippen LogP contribution < -0.4 is 10.6 Å². The number of nitrogens with zero attached hydrogens (tertiary/aromatic N) is 1. The van der Waals surface area contributed by atoms with Gasteiger partial charge in [0.2, 0.25) is 0 Å². The molecule has 0 saturated heterocycles. The predicted octanol–water partition coefficient (Wildman–Crippen LogP) is 4.32. The summed E-state index contributed by atoms with van der Waals surface area (Å²) < 4.78 is 6.01. The molecule has 1 aromatic heterocycles. The van der Waals surface area contributed by atoms with Gasteiger partial charge in [0.25, 0.3) is 5.91 Å². The lowest BCUT2D eigenvalue weighted by atomic mass is 10.1. The van der Waals surface area contributed by atoms with E-state index in [1.807, 2.05) is 36.4 Å². The molecule has 0 saturated carbocycles. The van der Waals surface area contributed by atoms with E-state index in [9.17, 15) is 9.59 Å². The largest absolute Gasteiger partial charge is 0.444 e. The molecule has 0 unspecified atom stereocenters. The summed E-state index contributed by atoms with van der Waals surface area (Å²) in [4.78, 5) is 25.1. The van der Waals surface area contributed by atoms with Gasteiger partial charge in [-0.2, -0.15) is 5.10 Å². The highest BCUT2D eigenvalue weighted by molar-refractivity contribution is 9.10. The van der Waals surface area contributed by atoms with E-state index in [0.717, 1.165) is 10.9 Å². The number of amides is 2. The molecule has 0 fully saturated rings. The van der Waals surface area contributed by atoms with Gasteiger partial charge in [-0.25, -0.2) is 4.79 Å². The second kappa shape index (κ2) is 8.65. The zero-order valence-electron chi connectivity index (χ0n) is 16.5. The molecule has 0 aliphatic rings. The van der Waals surface area contributed by atoms with Crippen molar-refractivity contribution < 1.29 is 14.3 Å². The van der Waals surface area contributed by atoms with E-state index in [-0.39, 0.29) is 12.5 Å². The van der Waals surface area contributed by atoms with Gasteiger partial charge in [-0.05, 0) is 54.4 Å². The van der Waals surface area contributed by atoms with Gasteiger partial charge < -0.3 is 15.4 Å². The smallest absolute Gasteiger partial charge is 0.407 e. The standard InChI is InChI=1S/C21H23BrN4O3/c1-21(2,3)29-20(28)23-12-16(13-8-5-4-6-9-13)24-19(27)15-11-7-10-14-17(15)25-26-18(14)22/h4-11,16H,12H2,1-3H3,(H,23,28)(H,24,27)(H,25,26)/t16-/m0/s1. The molecule has 152 valence electrons. The lowest BCUT2D eigenvalue weighted by Crippen LogP contribution is -2.40. The van der Waals surface area contributed by atoms with Crippen molar-refractivity contribution in [2.45, 2.75) is 32.4 Å². The van der Waals surface area contributed by atoms with Crippen LogP contribution in [0.4, 0.5) is 4.79 Å². The Hall–Kier alpha value is -2.87. The van der Waals surface area contributed by atoms with Gasteiger partial charge in [0.05, 0.1) is 11.6 Å². The Kier molecular flexibility index (Phi) is 6.22. The molecule has 8 heteroatoms. The summed E-state index contributed by atoms with van der Waals surface area (Å²) in [7, 11) is 0. The number of rotatable bonds is 5. The molecule has 3 N–H and O–H groups in total. The summed E-state index contributed by atoms with van der Waals surface area (Å²) in [6.45, 7) is 5.58. The first-order chi connectivity index (χ1) is 13.7. The number of para-hydroxylation sites is 1. The number of aromatic nitrogens is 2. The fourth-order valence-corrected chi connectivity index (χ4v) is 3.27. The van der Waals surface area contributed by atoms with Crippen molar-refractivity contribution in [2.75, 3.05) is 6.54 Å². The fraction of sp³-hybridized carbons (Fsp3) is 0.286. The number of benzene rings is 2. The molecule has 3 rings (SSSR count). The van der Waals surface area contributed by atoms with Crippen LogP contribution in [0.25, 0.3) is 10.9 Å². The molecule has 3 aromatic rings. The van der Waals surface area contributed by atoms with Crippen LogP contribution in [-0.2, 0) is 4.74 Å². The van der Waals surface area contributed by atoms with Gasteiger partial charge in [0, 0.05) is 11.9 Å². The van der Waals surface area contributed by atoms with Gasteiger partial charge in [-0.15, -0.1) is 0 Å². The molecule has 2 amide bonds. The minimum atomic E-state index is -0.599. The van der Waals surface area contributed by atoms with Crippen molar-refractivity contribution >= 4 is 38.8 Å². The summed E-state index contributed by atoms with van der Waals surface area (Å²) in [6.07, 6.45) is -0.536. The minimum absolute atomic E-state index is 0.185. The van der Waals surface area contributed by atoms with Gasteiger partial charge in [0.15, 0.2) is 0 Å². The highest BCUT2D eigenvalue weighted by Gasteiger charge is 2.21. The fourth-order valence-electron chi connectivity index (χ4n) is 2.86. The van der Waals surface area contributed by atoms with Crippen LogP contribution in [0.15, 0.2) is 53.1 Å². The molecular weight excluding hydrogens is 436 g/mol.